The van der Waals surface area contributed by atoms with Gasteiger partial charge in [0, 0.05) is 13.2 Å². The summed E-state index contributed by atoms with van der Waals surface area (Å²) in [5, 5.41) is 4.19. The summed E-state index contributed by atoms with van der Waals surface area (Å²) in [5.41, 5.74) is 1.54. The Morgan fingerprint density at radius 3 is 3.13 bits per heavy atom. The van der Waals surface area contributed by atoms with Gasteiger partial charge in [-0.1, -0.05) is 0 Å². The third-order valence-corrected chi connectivity index (χ3v) is 2.76. The van der Waals surface area contributed by atoms with Gasteiger partial charge in [-0.3, -0.25) is 9.48 Å². The third-order valence-electron chi connectivity index (χ3n) is 2.76. The van der Waals surface area contributed by atoms with Crippen LogP contribution in [-0.2, 0) is 11.3 Å². The first-order valence-corrected chi connectivity index (χ1v) is 5.49. The Labute approximate surface area is 89.2 Å². The number of hydrogen-bond donors (Lipinski definition) is 0. The fourth-order valence-corrected chi connectivity index (χ4v) is 2.00. The molecular formula is C11H16N2O2. The molecule has 0 amide bonds. The summed E-state index contributed by atoms with van der Waals surface area (Å²) in [6, 6.07) is 1.84. The van der Waals surface area contributed by atoms with Gasteiger partial charge >= 0.3 is 0 Å². The van der Waals surface area contributed by atoms with E-state index in [-0.39, 0.29) is 6.10 Å². The second-order valence-electron chi connectivity index (χ2n) is 3.78. The maximum Gasteiger partial charge on any atom is 0.170 e. The van der Waals surface area contributed by atoms with Gasteiger partial charge in [0.25, 0.3) is 0 Å². The second kappa shape index (κ2) is 4.57. The molecule has 2 heterocycles. The highest BCUT2D eigenvalue weighted by atomic mass is 16.5. The van der Waals surface area contributed by atoms with Crippen LogP contribution in [0.1, 0.15) is 48.5 Å². The lowest BCUT2D eigenvalue weighted by molar-refractivity contribution is 0.00957. The van der Waals surface area contributed by atoms with E-state index >= 15 is 0 Å². The molecule has 1 aliphatic rings. The zero-order chi connectivity index (χ0) is 10.7. The van der Waals surface area contributed by atoms with Crippen molar-refractivity contribution >= 4 is 6.29 Å². The van der Waals surface area contributed by atoms with E-state index in [1.54, 1.807) is 0 Å². The Morgan fingerprint density at radius 1 is 1.67 bits per heavy atom. The smallest absolute Gasteiger partial charge is 0.170 e. The van der Waals surface area contributed by atoms with E-state index in [0.717, 1.165) is 38.0 Å². The quantitative estimate of drug-likeness (QED) is 0.713. The minimum Gasteiger partial charge on any atom is -0.372 e. The van der Waals surface area contributed by atoms with E-state index < -0.39 is 0 Å². The molecule has 0 spiro atoms. The number of carbonyl (C=O) groups excluding carboxylic acids is 1. The number of carbonyl (C=O) groups is 1. The van der Waals surface area contributed by atoms with Crippen LogP contribution in [0.5, 0.6) is 0 Å². The molecule has 0 bridgehead atoms. The summed E-state index contributed by atoms with van der Waals surface area (Å²) in [6.45, 7) is 3.62. The van der Waals surface area contributed by atoms with Crippen molar-refractivity contribution in [3.63, 3.8) is 0 Å². The molecule has 0 radical (unpaired) electrons. The highest BCUT2D eigenvalue weighted by Crippen LogP contribution is 2.27. The van der Waals surface area contributed by atoms with Crippen LogP contribution in [0, 0.1) is 0 Å². The number of ether oxygens (including phenoxy) is 1. The zero-order valence-electron chi connectivity index (χ0n) is 8.98. The highest BCUT2D eigenvalue weighted by Gasteiger charge is 2.20. The molecule has 1 aliphatic heterocycles. The third kappa shape index (κ3) is 2.09. The van der Waals surface area contributed by atoms with E-state index in [1.807, 2.05) is 17.7 Å². The van der Waals surface area contributed by atoms with Crippen molar-refractivity contribution in [1.29, 1.82) is 0 Å². The molecule has 1 fully saturated rings. The minimum absolute atomic E-state index is 0.125. The summed E-state index contributed by atoms with van der Waals surface area (Å²) >= 11 is 0. The Balaban J connectivity index is 2.24. The molecule has 0 saturated carbocycles. The summed E-state index contributed by atoms with van der Waals surface area (Å²) in [6.07, 6.45) is 4.27. The van der Waals surface area contributed by atoms with Gasteiger partial charge in [0.2, 0.25) is 0 Å². The number of nitrogens with zero attached hydrogens (tertiary/aromatic N) is 2. The summed E-state index contributed by atoms with van der Waals surface area (Å²) in [5.74, 6) is 0. The number of hydrogen-bond acceptors (Lipinski definition) is 3. The van der Waals surface area contributed by atoms with Gasteiger partial charge in [0.05, 0.1) is 11.8 Å². The average molecular weight is 208 g/mol. The molecule has 4 heteroatoms. The Bertz CT molecular complexity index is 340. The van der Waals surface area contributed by atoms with Crippen molar-refractivity contribution in [3.05, 3.63) is 17.5 Å². The average Bonchev–Trinajstić information content (AvgIpc) is 2.73. The lowest BCUT2D eigenvalue weighted by Crippen LogP contribution is -2.15. The molecule has 4 nitrogen and oxygen atoms in total. The van der Waals surface area contributed by atoms with Crippen LogP contribution in [0.25, 0.3) is 0 Å². The molecule has 2 rings (SSSR count). The van der Waals surface area contributed by atoms with Crippen molar-refractivity contribution in [1.82, 2.24) is 9.78 Å². The summed E-state index contributed by atoms with van der Waals surface area (Å²) < 4.78 is 7.55. The molecule has 1 unspecified atom stereocenters. The van der Waals surface area contributed by atoms with Crippen molar-refractivity contribution in [3.8, 4) is 0 Å². The standard InChI is InChI=1S/C11H16N2O2/c1-2-13-10(7-9(8-14)12-13)11-5-3-4-6-15-11/h7-8,11H,2-6H2,1H3. The van der Waals surface area contributed by atoms with Crippen LogP contribution in [0.4, 0.5) is 0 Å². The molecule has 1 aromatic heterocycles. The molecule has 1 atom stereocenters. The first-order chi connectivity index (χ1) is 7.35. The molecule has 0 aliphatic carbocycles. The molecule has 82 valence electrons. The molecule has 1 saturated heterocycles. The first kappa shape index (κ1) is 10.4. The maximum absolute atomic E-state index is 10.7. The topological polar surface area (TPSA) is 44.1 Å². The van der Waals surface area contributed by atoms with E-state index in [9.17, 15) is 4.79 Å². The van der Waals surface area contributed by atoms with E-state index in [2.05, 4.69) is 5.10 Å². The zero-order valence-corrected chi connectivity index (χ0v) is 8.98. The van der Waals surface area contributed by atoms with Crippen LogP contribution >= 0.6 is 0 Å². The minimum atomic E-state index is 0.125. The van der Waals surface area contributed by atoms with Crippen LogP contribution in [0.3, 0.4) is 0 Å². The molecule has 15 heavy (non-hydrogen) atoms. The van der Waals surface area contributed by atoms with Crippen LogP contribution < -0.4 is 0 Å². The monoisotopic (exact) mass is 208 g/mol. The van der Waals surface area contributed by atoms with Gasteiger partial charge in [-0.25, -0.2) is 0 Å². The largest absolute Gasteiger partial charge is 0.372 e. The predicted octanol–water partition coefficient (Wildman–Crippen LogP) is 1.96. The molecule has 0 aromatic carbocycles. The van der Waals surface area contributed by atoms with Crippen LogP contribution in [0.15, 0.2) is 6.07 Å². The lowest BCUT2D eigenvalue weighted by Gasteiger charge is -2.22. The van der Waals surface area contributed by atoms with Gasteiger partial charge < -0.3 is 4.74 Å². The summed E-state index contributed by atoms with van der Waals surface area (Å²) in [4.78, 5) is 10.7. The first-order valence-electron chi connectivity index (χ1n) is 5.49. The highest BCUT2D eigenvalue weighted by molar-refractivity contribution is 5.71. The van der Waals surface area contributed by atoms with Crippen molar-refractivity contribution < 1.29 is 9.53 Å². The fourth-order valence-electron chi connectivity index (χ4n) is 2.00. The second-order valence-corrected chi connectivity index (χ2v) is 3.78. The number of aromatic nitrogens is 2. The van der Waals surface area contributed by atoms with Crippen molar-refractivity contribution in [2.45, 2.75) is 38.8 Å². The van der Waals surface area contributed by atoms with Gasteiger partial charge in [-0.05, 0) is 32.3 Å². The van der Waals surface area contributed by atoms with Crippen LogP contribution in [0.2, 0.25) is 0 Å². The van der Waals surface area contributed by atoms with Gasteiger partial charge in [0.1, 0.15) is 5.69 Å². The van der Waals surface area contributed by atoms with Crippen LogP contribution in [-0.4, -0.2) is 22.7 Å². The van der Waals surface area contributed by atoms with Gasteiger partial charge in [-0.15, -0.1) is 0 Å². The number of aldehydes is 1. The molecular weight excluding hydrogens is 192 g/mol. The van der Waals surface area contributed by atoms with E-state index in [1.165, 1.54) is 6.42 Å². The molecule has 0 N–H and O–H groups in total. The van der Waals surface area contributed by atoms with E-state index in [4.69, 9.17) is 4.74 Å². The Morgan fingerprint density at radius 2 is 2.53 bits per heavy atom. The normalized spacial score (nSPS) is 21.5. The number of aryl methyl sites for hydroxylation is 1. The Kier molecular flexibility index (Phi) is 3.16. The van der Waals surface area contributed by atoms with Gasteiger partial charge in [-0.2, -0.15) is 5.10 Å². The lowest BCUT2D eigenvalue weighted by atomic mass is 10.1. The van der Waals surface area contributed by atoms with Crippen molar-refractivity contribution in [2.75, 3.05) is 6.61 Å². The Hall–Kier alpha value is -1.16. The maximum atomic E-state index is 10.7. The van der Waals surface area contributed by atoms with E-state index in [0.29, 0.717) is 5.69 Å². The van der Waals surface area contributed by atoms with Crippen molar-refractivity contribution in [2.24, 2.45) is 0 Å². The van der Waals surface area contributed by atoms with Gasteiger partial charge in [0.15, 0.2) is 6.29 Å². The molecule has 1 aromatic rings. The SMILES string of the molecule is CCn1nc(C=O)cc1C1CCCCO1. The number of rotatable bonds is 3. The summed E-state index contributed by atoms with van der Waals surface area (Å²) in [7, 11) is 0. The fraction of sp³-hybridized carbons (Fsp3) is 0.636. The predicted molar refractivity (Wildman–Crippen MR) is 55.8 cm³/mol.